The largest absolute Gasteiger partial charge is 0.497 e. The first-order valence-electron chi connectivity index (χ1n) is 8.50. The van der Waals surface area contributed by atoms with E-state index in [2.05, 4.69) is 5.32 Å². The Bertz CT molecular complexity index is 676. The van der Waals surface area contributed by atoms with Crippen molar-refractivity contribution in [2.24, 2.45) is 0 Å². The van der Waals surface area contributed by atoms with Gasteiger partial charge in [0.1, 0.15) is 18.1 Å². The van der Waals surface area contributed by atoms with Crippen LogP contribution in [-0.2, 0) is 11.3 Å². The summed E-state index contributed by atoms with van der Waals surface area (Å²) in [6, 6.07) is 14.8. The summed E-state index contributed by atoms with van der Waals surface area (Å²) in [5.41, 5.74) is 1.63. The zero-order valence-electron chi connectivity index (χ0n) is 14.4. The van der Waals surface area contributed by atoms with E-state index < -0.39 is 0 Å². The van der Waals surface area contributed by atoms with Crippen molar-refractivity contribution in [3.8, 4) is 11.5 Å². The molecule has 1 N–H and O–H groups in total. The summed E-state index contributed by atoms with van der Waals surface area (Å²) in [5, 5.41) is 2.91. The summed E-state index contributed by atoms with van der Waals surface area (Å²) in [5.74, 6) is 1.44. The van der Waals surface area contributed by atoms with Gasteiger partial charge in [-0.05, 0) is 54.8 Å². The molecule has 5 nitrogen and oxygen atoms in total. The summed E-state index contributed by atoms with van der Waals surface area (Å²) in [4.78, 5) is 12.1. The zero-order chi connectivity index (χ0) is 17.5. The summed E-state index contributed by atoms with van der Waals surface area (Å²) >= 11 is 0. The van der Waals surface area contributed by atoms with Gasteiger partial charge in [0.2, 0.25) is 0 Å². The molecule has 1 aliphatic heterocycles. The highest BCUT2D eigenvalue weighted by molar-refractivity contribution is 5.94. The van der Waals surface area contributed by atoms with Gasteiger partial charge < -0.3 is 19.5 Å². The first-order chi connectivity index (χ1) is 12.2. The Hall–Kier alpha value is -2.53. The topological polar surface area (TPSA) is 56.8 Å². The van der Waals surface area contributed by atoms with E-state index in [0.29, 0.717) is 18.7 Å². The van der Waals surface area contributed by atoms with Crippen molar-refractivity contribution in [2.45, 2.75) is 25.5 Å². The Kier molecular flexibility index (Phi) is 5.90. The van der Waals surface area contributed by atoms with Crippen molar-refractivity contribution >= 4 is 5.91 Å². The maximum atomic E-state index is 12.1. The van der Waals surface area contributed by atoms with E-state index in [1.165, 1.54) is 0 Å². The molecular weight excluding hydrogens is 318 g/mol. The molecule has 1 heterocycles. The summed E-state index contributed by atoms with van der Waals surface area (Å²) in [6.07, 6.45) is 2.39. The number of hydrogen-bond acceptors (Lipinski definition) is 4. The molecule has 0 aromatic heterocycles. The molecule has 2 aromatic rings. The van der Waals surface area contributed by atoms with Crippen molar-refractivity contribution in [2.75, 3.05) is 20.3 Å². The highest BCUT2D eigenvalue weighted by Gasteiger charge is 2.15. The maximum absolute atomic E-state index is 12.1. The zero-order valence-corrected chi connectivity index (χ0v) is 14.4. The predicted molar refractivity (Wildman–Crippen MR) is 95.1 cm³/mol. The van der Waals surface area contributed by atoms with Gasteiger partial charge in [0.05, 0.1) is 13.2 Å². The normalized spacial score (nSPS) is 16.4. The fourth-order valence-electron chi connectivity index (χ4n) is 2.70. The standard InChI is InChI=1S/C20H23NO4/c1-23-17-10-6-16(7-11-17)20(22)21-13-15-4-8-18(9-5-15)25-14-19-3-2-12-24-19/h4-11,19H,2-3,12-14H2,1H3,(H,21,22). The molecule has 1 saturated heterocycles. The molecule has 1 fully saturated rings. The fourth-order valence-corrected chi connectivity index (χ4v) is 2.70. The molecule has 0 saturated carbocycles. The molecule has 1 atom stereocenters. The van der Waals surface area contributed by atoms with Crippen molar-refractivity contribution in [3.05, 3.63) is 59.7 Å². The third-order valence-corrected chi connectivity index (χ3v) is 4.19. The number of methoxy groups -OCH3 is 1. The monoisotopic (exact) mass is 341 g/mol. The first-order valence-corrected chi connectivity index (χ1v) is 8.50. The lowest BCUT2D eigenvalue weighted by atomic mass is 10.2. The van der Waals surface area contributed by atoms with Gasteiger partial charge in [-0.15, -0.1) is 0 Å². The summed E-state index contributed by atoms with van der Waals surface area (Å²) < 4.78 is 16.4. The van der Waals surface area contributed by atoms with Crippen LogP contribution >= 0.6 is 0 Å². The molecule has 5 heteroatoms. The van der Waals surface area contributed by atoms with E-state index >= 15 is 0 Å². The second-order valence-electron chi connectivity index (χ2n) is 6.00. The van der Waals surface area contributed by atoms with Gasteiger partial charge in [-0.2, -0.15) is 0 Å². The highest BCUT2D eigenvalue weighted by Crippen LogP contribution is 2.17. The Morgan fingerprint density at radius 2 is 1.84 bits per heavy atom. The number of hydrogen-bond donors (Lipinski definition) is 1. The lowest BCUT2D eigenvalue weighted by Crippen LogP contribution is -2.22. The Labute approximate surface area is 147 Å². The van der Waals surface area contributed by atoms with Gasteiger partial charge in [-0.3, -0.25) is 4.79 Å². The minimum absolute atomic E-state index is 0.110. The van der Waals surface area contributed by atoms with Crippen LogP contribution in [0.25, 0.3) is 0 Å². The average Bonchev–Trinajstić information content (AvgIpc) is 3.19. The van der Waals surface area contributed by atoms with Crippen LogP contribution in [0.1, 0.15) is 28.8 Å². The van der Waals surface area contributed by atoms with Crippen LogP contribution in [-0.4, -0.2) is 32.3 Å². The summed E-state index contributed by atoms with van der Waals surface area (Å²) in [7, 11) is 1.60. The predicted octanol–water partition coefficient (Wildman–Crippen LogP) is 3.18. The Balaban J connectivity index is 1.46. The van der Waals surface area contributed by atoms with Crippen molar-refractivity contribution in [1.29, 1.82) is 0 Å². The molecule has 0 radical (unpaired) electrons. The van der Waals surface area contributed by atoms with E-state index in [1.807, 2.05) is 24.3 Å². The number of carbonyl (C=O) groups excluding carboxylic acids is 1. The SMILES string of the molecule is COc1ccc(C(=O)NCc2ccc(OCC3CCCO3)cc2)cc1. The highest BCUT2D eigenvalue weighted by atomic mass is 16.5. The lowest BCUT2D eigenvalue weighted by Gasteiger charge is -2.12. The Morgan fingerprint density at radius 3 is 2.48 bits per heavy atom. The van der Waals surface area contributed by atoms with Gasteiger partial charge in [0.25, 0.3) is 5.91 Å². The van der Waals surface area contributed by atoms with E-state index in [-0.39, 0.29) is 12.0 Å². The second-order valence-corrected chi connectivity index (χ2v) is 6.00. The molecule has 3 rings (SSSR count). The number of amides is 1. The average molecular weight is 341 g/mol. The molecular formula is C20H23NO4. The molecule has 0 aliphatic carbocycles. The van der Waals surface area contributed by atoms with Crippen LogP contribution in [0.4, 0.5) is 0 Å². The van der Waals surface area contributed by atoms with Gasteiger partial charge in [-0.25, -0.2) is 0 Å². The molecule has 0 spiro atoms. The molecule has 1 amide bonds. The van der Waals surface area contributed by atoms with Crippen LogP contribution < -0.4 is 14.8 Å². The number of nitrogens with one attached hydrogen (secondary N) is 1. The van der Waals surface area contributed by atoms with Crippen molar-refractivity contribution in [3.63, 3.8) is 0 Å². The van der Waals surface area contributed by atoms with Crippen LogP contribution in [0.15, 0.2) is 48.5 Å². The number of carbonyl (C=O) groups is 1. The quantitative estimate of drug-likeness (QED) is 0.840. The van der Waals surface area contributed by atoms with E-state index in [4.69, 9.17) is 14.2 Å². The van der Waals surface area contributed by atoms with E-state index in [9.17, 15) is 4.79 Å². The summed E-state index contributed by atoms with van der Waals surface area (Å²) in [6.45, 7) is 1.89. The minimum atomic E-state index is -0.110. The van der Waals surface area contributed by atoms with Crippen LogP contribution in [0, 0.1) is 0 Å². The van der Waals surface area contributed by atoms with Gasteiger partial charge in [0.15, 0.2) is 0 Å². The van der Waals surface area contributed by atoms with Crippen LogP contribution in [0.3, 0.4) is 0 Å². The van der Waals surface area contributed by atoms with Crippen molar-refractivity contribution in [1.82, 2.24) is 5.32 Å². The molecule has 0 bridgehead atoms. The van der Waals surface area contributed by atoms with Gasteiger partial charge >= 0.3 is 0 Å². The smallest absolute Gasteiger partial charge is 0.251 e. The third kappa shape index (κ3) is 4.97. The van der Waals surface area contributed by atoms with Gasteiger partial charge in [-0.1, -0.05) is 12.1 Å². The molecule has 1 aliphatic rings. The van der Waals surface area contributed by atoms with Gasteiger partial charge in [0, 0.05) is 18.7 Å². The molecule has 25 heavy (non-hydrogen) atoms. The fraction of sp³-hybridized carbons (Fsp3) is 0.350. The lowest BCUT2D eigenvalue weighted by molar-refractivity contribution is 0.0679. The van der Waals surface area contributed by atoms with E-state index in [1.54, 1.807) is 31.4 Å². The first kappa shape index (κ1) is 17.3. The Morgan fingerprint density at radius 1 is 1.12 bits per heavy atom. The molecule has 2 aromatic carbocycles. The third-order valence-electron chi connectivity index (χ3n) is 4.19. The molecule has 132 valence electrons. The second kappa shape index (κ2) is 8.53. The van der Waals surface area contributed by atoms with Crippen LogP contribution in [0.5, 0.6) is 11.5 Å². The molecule has 1 unspecified atom stereocenters. The van der Waals surface area contributed by atoms with Crippen LogP contribution in [0.2, 0.25) is 0 Å². The number of ether oxygens (including phenoxy) is 3. The number of rotatable bonds is 7. The number of benzene rings is 2. The van der Waals surface area contributed by atoms with Crippen molar-refractivity contribution < 1.29 is 19.0 Å². The van der Waals surface area contributed by atoms with E-state index in [0.717, 1.165) is 36.5 Å². The maximum Gasteiger partial charge on any atom is 0.251 e. The minimum Gasteiger partial charge on any atom is -0.497 e.